The minimum absolute atomic E-state index is 0.0366. The van der Waals surface area contributed by atoms with Gasteiger partial charge in [-0.15, -0.1) is 0 Å². The Kier molecular flexibility index (Phi) is 3.56. The molecule has 1 aromatic carbocycles. The van der Waals surface area contributed by atoms with Crippen molar-refractivity contribution in [2.24, 2.45) is 0 Å². The van der Waals surface area contributed by atoms with Crippen molar-refractivity contribution in [2.45, 2.75) is 51.1 Å². The van der Waals surface area contributed by atoms with E-state index >= 15 is 0 Å². The number of benzene rings is 1. The molecule has 4 rings (SSSR count). The molecule has 1 aromatic heterocycles. The summed E-state index contributed by atoms with van der Waals surface area (Å²) in [5, 5.41) is 6.93. The highest BCUT2D eigenvalue weighted by Gasteiger charge is 2.26. The number of hydrogen-bond donors (Lipinski definition) is 3. The molecule has 1 saturated heterocycles. The van der Waals surface area contributed by atoms with E-state index in [9.17, 15) is 9.59 Å². The molecule has 0 bridgehead atoms. The average Bonchev–Trinajstić information content (AvgIpc) is 3.16. The Labute approximate surface area is 134 Å². The van der Waals surface area contributed by atoms with Gasteiger partial charge in [0, 0.05) is 29.6 Å². The first-order chi connectivity index (χ1) is 11.2. The molecule has 0 spiro atoms. The number of rotatable bonds is 3. The second kappa shape index (κ2) is 5.72. The van der Waals surface area contributed by atoms with E-state index in [1.807, 2.05) is 0 Å². The average molecular weight is 311 g/mol. The number of amides is 2. The predicted molar refractivity (Wildman–Crippen MR) is 88.0 cm³/mol. The van der Waals surface area contributed by atoms with Crippen LogP contribution in [0.5, 0.6) is 0 Å². The number of aromatic nitrogens is 1. The fraction of sp³-hybridized carbons (Fsp3) is 0.444. The van der Waals surface area contributed by atoms with Crippen LogP contribution in [0.15, 0.2) is 18.2 Å². The number of H-pyrrole nitrogens is 1. The molecule has 2 heterocycles. The molecule has 3 N–H and O–H groups in total. The Morgan fingerprint density at radius 3 is 2.91 bits per heavy atom. The summed E-state index contributed by atoms with van der Waals surface area (Å²) in [5.41, 5.74) is 5.11. The van der Waals surface area contributed by atoms with Gasteiger partial charge in [-0.1, -0.05) is 6.07 Å². The zero-order valence-electron chi connectivity index (χ0n) is 13.1. The van der Waals surface area contributed by atoms with Gasteiger partial charge in [0.05, 0.1) is 0 Å². The summed E-state index contributed by atoms with van der Waals surface area (Å²) in [4.78, 5) is 26.8. The van der Waals surface area contributed by atoms with Crippen LogP contribution in [0.3, 0.4) is 0 Å². The maximum absolute atomic E-state index is 12.1. The monoisotopic (exact) mass is 311 g/mol. The van der Waals surface area contributed by atoms with Crippen molar-refractivity contribution in [1.82, 2.24) is 15.6 Å². The lowest BCUT2D eigenvalue weighted by molar-refractivity contribution is -0.125. The summed E-state index contributed by atoms with van der Waals surface area (Å²) in [5.74, 6) is -0.127. The first kappa shape index (κ1) is 14.3. The first-order valence-electron chi connectivity index (χ1n) is 8.40. The third-order valence-corrected chi connectivity index (χ3v) is 4.94. The summed E-state index contributed by atoms with van der Waals surface area (Å²) in [6.07, 6.45) is 5.82. The molecule has 2 aromatic rings. The number of carbonyl (C=O) groups is 2. The number of carbonyl (C=O) groups excluding carboxylic acids is 2. The van der Waals surface area contributed by atoms with Crippen LogP contribution in [0.2, 0.25) is 0 Å². The molecular formula is C18H21N3O2. The third-order valence-electron chi connectivity index (χ3n) is 4.94. The van der Waals surface area contributed by atoms with E-state index in [4.69, 9.17) is 0 Å². The van der Waals surface area contributed by atoms with E-state index in [0.717, 1.165) is 18.4 Å². The predicted octanol–water partition coefficient (Wildman–Crippen LogP) is 1.94. The van der Waals surface area contributed by atoms with E-state index in [-0.39, 0.29) is 17.9 Å². The summed E-state index contributed by atoms with van der Waals surface area (Å²) < 4.78 is 0. The van der Waals surface area contributed by atoms with E-state index in [1.54, 1.807) is 0 Å². The van der Waals surface area contributed by atoms with Gasteiger partial charge in [-0.2, -0.15) is 0 Å². The summed E-state index contributed by atoms with van der Waals surface area (Å²) >= 11 is 0. The van der Waals surface area contributed by atoms with E-state index < -0.39 is 0 Å². The fourth-order valence-electron chi connectivity index (χ4n) is 3.69. The van der Waals surface area contributed by atoms with Gasteiger partial charge in [-0.05, 0) is 55.4 Å². The van der Waals surface area contributed by atoms with Crippen molar-refractivity contribution in [3.05, 3.63) is 35.0 Å². The Morgan fingerprint density at radius 2 is 2.09 bits per heavy atom. The Balaban J connectivity index is 1.48. The zero-order valence-corrected chi connectivity index (χ0v) is 13.1. The standard InChI is InChI=1S/C18H21N3O2/c22-17-8-7-16(21-17)18(23)19-10-11-5-6-15-13(9-11)12-3-1-2-4-14(12)20-15/h5-6,9,16,20H,1-4,7-8,10H2,(H,19,23)(H,21,22)/t16-/m0/s1. The highest BCUT2D eigenvalue weighted by atomic mass is 16.2. The molecule has 1 fully saturated rings. The number of fused-ring (bicyclic) bond motifs is 3. The van der Waals surface area contributed by atoms with Crippen LogP contribution in [0.25, 0.3) is 10.9 Å². The summed E-state index contributed by atoms with van der Waals surface area (Å²) in [6.45, 7) is 0.501. The van der Waals surface area contributed by atoms with Crippen molar-refractivity contribution >= 4 is 22.7 Å². The molecule has 1 aliphatic carbocycles. The molecule has 1 aliphatic heterocycles. The van der Waals surface area contributed by atoms with Crippen molar-refractivity contribution in [3.63, 3.8) is 0 Å². The van der Waals surface area contributed by atoms with Gasteiger partial charge < -0.3 is 15.6 Å². The second-order valence-electron chi connectivity index (χ2n) is 6.55. The molecule has 0 saturated carbocycles. The quantitative estimate of drug-likeness (QED) is 0.810. The van der Waals surface area contributed by atoms with Crippen molar-refractivity contribution < 1.29 is 9.59 Å². The lowest BCUT2D eigenvalue weighted by Crippen LogP contribution is -2.41. The van der Waals surface area contributed by atoms with Crippen molar-refractivity contribution in [2.75, 3.05) is 0 Å². The molecule has 120 valence electrons. The lowest BCUT2D eigenvalue weighted by Gasteiger charge is -2.12. The minimum Gasteiger partial charge on any atom is -0.358 e. The highest BCUT2D eigenvalue weighted by molar-refractivity contribution is 5.91. The highest BCUT2D eigenvalue weighted by Crippen LogP contribution is 2.29. The van der Waals surface area contributed by atoms with Crippen LogP contribution in [-0.2, 0) is 29.0 Å². The maximum atomic E-state index is 12.1. The summed E-state index contributed by atoms with van der Waals surface area (Å²) in [7, 11) is 0. The van der Waals surface area contributed by atoms with Crippen LogP contribution in [0.1, 0.15) is 42.5 Å². The van der Waals surface area contributed by atoms with Gasteiger partial charge in [0.1, 0.15) is 6.04 Å². The van der Waals surface area contributed by atoms with Crippen LogP contribution < -0.4 is 10.6 Å². The zero-order chi connectivity index (χ0) is 15.8. The molecule has 2 aliphatic rings. The molecule has 23 heavy (non-hydrogen) atoms. The first-order valence-corrected chi connectivity index (χ1v) is 8.40. The summed E-state index contributed by atoms with van der Waals surface area (Å²) in [6, 6.07) is 5.97. The smallest absolute Gasteiger partial charge is 0.242 e. The van der Waals surface area contributed by atoms with Gasteiger partial charge in [-0.3, -0.25) is 9.59 Å². The van der Waals surface area contributed by atoms with Gasteiger partial charge in [-0.25, -0.2) is 0 Å². The lowest BCUT2D eigenvalue weighted by atomic mass is 9.95. The molecule has 0 unspecified atom stereocenters. The number of hydrogen-bond acceptors (Lipinski definition) is 2. The molecule has 5 nitrogen and oxygen atoms in total. The Bertz CT molecular complexity index is 778. The minimum atomic E-state index is -0.369. The third kappa shape index (κ3) is 2.71. The van der Waals surface area contributed by atoms with E-state index in [1.165, 1.54) is 35.0 Å². The molecule has 2 amide bonds. The maximum Gasteiger partial charge on any atom is 0.242 e. The van der Waals surface area contributed by atoms with Crippen molar-refractivity contribution in [3.8, 4) is 0 Å². The second-order valence-corrected chi connectivity index (χ2v) is 6.55. The van der Waals surface area contributed by atoms with E-state index in [2.05, 4.69) is 33.8 Å². The molecule has 0 radical (unpaired) electrons. The fourth-order valence-corrected chi connectivity index (χ4v) is 3.69. The molecule has 1 atom stereocenters. The van der Waals surface area contributed by atoms with Gasteiger partial charge in [0.2, 0.25) is 11.8 Å². The van der Waals surface area contributed by atoms with Crippen molar-refractivity contribution in [1.29, 1.82) is 0 Å². The van der Waals surface area contributed by atoms with Gasteiger partial charge >= 0.3 is 0 Å². The molecule has 5 heteroatoms. The largest absolute Gasteiger partial charge is 0.358 e. The number of aryl methyl sites for hydroxylation is 2. The number of nitrogens with one attached hydrogen (secondary N) is 3. The Morgan fingerprint density at radius 1 is 1.22 bits per heavy atom. The normalized spacial score (nSPS) is 20.3. The Hall–Kier alpha value is -2.30. The van der Waals surface area contributed by atoms with Crippen LogP contribution in [0.4, 0.5) is 0 Å². The van der Waals surface area contributed by atoms with Gasteiger partial charge in [0.15, 0.2) is 0 Å². The topological polar surface area (TPSA) is 74.0 Å². The van der Waals surface area contributed by atoms with Crippen LogP contribution in [0, 0.1) is 0 Å². The van der Waals surface area contributed by atoms with Crippen LogP contribution >= 0.6 is 0 Å². The molecular weight excluding hydrogens is 290 g/mol. The van der Waals surface area contributed by atoms with E-state index in [0.29, 0.717) is 19.4 Å². The number of aromatic amines is 1. The SMILES string of the molecule is O=C1CC[C@@H](C(=O)NCc2ccc3[nH]c4c(c3c2)CCCC4)N1. The van der Waals surface area contributed by atoms with Crippen LogP contribution in [-0.4, -0.2) is 22.8 Å². The van der Waals surface area contributed by atoms with Gasteiger partial charge in [0.25, 0.3) is 0 Å².